The van der Waals surface area contributed by atoms with Gasteiger partial charge in [0, 0.05) is 23.7 Å². The van der Waals surface area contributed by atoms with Crippen molar-refractivity contribution < 1.29 is 12.8 Å². The first-order valence-corrected chi connectivity index (χ1v) is 12.2. The Hall–Kier alpha value is -2.84. The quantitative estimate of drug-likeness (QED) is 0.572. The van der Waals surface area contributed by atoms with Crippen LogP contribution in [0.1, 0.15) is 43.9 Å². The second-order valence-electron chi connectivity index (χ2n) is 8.53. The lowest BCUT2D eigenvalue weighted by Crippen LogP contribution is -2.26. The number of pyridine rings is 2. The summed E-state index contributed by atoms with van der Waals surface area (Å²) in [6.45, 7) is 4.52. The average Bonchev–Trinajstić information content (AvgIpc) is 3.10. The number of halogens is 1. The van der Waals surface area contributed by atoms with Crippen LogP contribution >= 0.6 is 0 Å². The van der Waals surface area contributed by atoms with E-state index >= 15 is 0 Å². The molecule has 2 heterocycles. The number of anilines is 1. The molecule has 168 valence electrons. The van der Waals surface area contributed by atoms with Crippen LogP contribution in [0.2, 0.25) is 0 Å². The van der Waals surface area contributed by atoms with E-state index in [4.69, 9.17) is 10.7 Å². The molecule has 32 heavy (non-hydrogen) atoms. The zero-order valence-electron chi connectivity index (χ0n) is 18.1. The third kappa shape index (κ3) is 4.66. The molecule has 3 aromatic rings. The van der Waals surface area contributed by atoms with E-state index < -0.39 is 10.0 Å². The van der Waals surface area contributed by atoms with E-state index in [0.29, 0.717) is 11.8 Å². The Morgan fingerprint density at radius 3 is 2.34 bits per heavy atom. The monoisotopic (exact) mass is 454 g/mol. The van der Waals surface area contributed by atoms with E-state index in [-0.39, 0.29) is 29.1 Å². The van der Waals surface area contributed by atoms with E-state index in [1.54, 1.807) is 18.2 Å². The number of nitrogens with one attached hydrogen (secondary N) is 1. The molecule has 0 amide bonds. The number of sulfonamides is 1. The van der Waals surface area contributed by atoms with Crippen molar-refractivity contribution in [3.05, 3.63) is 71.7 Å². The molecule has 0 saturated heterocycles. The van der Waals surface area contributed by atoms with Crippen LogP contribution in [0, 0.1) is 17.7 Å². The van der Waals surface area contributed by atoms with Crippen LogP contribution in [0.4, 0.5) is 10.2 Å². The van der Waals surface area contributed by atoms with Crippen molar-refractivity contribution >= 4 is 15.8 Å². The minimum atomic E-state index is -3.83. The molecular weight excluding hydrogens is 427 g/mol. The van der Waals surface area contributed by atoms with Crippen molar-refractivity contribution in [3.8, 4) is 11.3 Å². The van der Waals surface area contributed by atoms with Gasteiger partial charge < -0.3 is 5.73 Å². The van der Waals surface area contributed by atoms with Gasteiger partial charge >= 0.3 is 0 Å². The smallest absolute Gasteiger partial charge is 0.258 e. The van der Waals surface area contributed by atoms with E-state index in [1.807, 2.05) is 12.1 Å². The summed E-state index contributed by atoms with van der Waals surface area (Å²) < 4.78 is 41.5. The van der Waals surface area contributed by atoms with Gasteiger partial charge in [-0.2, -0.15) is 0 Å². The van der Waals surface area contributed by atoms with Gasteiger partial charge in [-0.3, -0.25) is 4.98 Å². The number of nitrogens with zero attached hydrogens (tertiary/aromatic N) is 2. The number of hydrogen-bond donors (Lipinski definition) is 2. The van der Waals surface area contributed by atoms with Crippen LogP contribution in [0.25, 0.3) is 11.3 Å². The van der Waals surface area contributed by atoms with Crippen LogP contribution in [-0.4, -0.2) is 18.4 Å². The van der Waals surface area contributed by atoms with Crippen LogP contribution < -0.4 is 10.5 Å². The SMILES string of the molecule is C[C@@H]1CC[C@H](C)C1c1nc(-c2ccc(F)cc2)ccc1CNS(=O)(=O)c1cccc(N)n1. The molecule has 2 aromatic heterocycles. The Morgan fingerprint density at radius 1 is 1.00 bits per heavy atom. The molecule has 8 heteroatoms. The van der Waals surface area contributed by atoms with Gasteiger partial charge in [-0.25, -0.2) is 22.5 Å². The largest absolute Gasteiger partial charge is 0.384 e. The summed E-state index contributed by atoms with van der Waals surface area (Å²) in [5, 5.41) is -0.113. The molecular formula is C24H27FN4O2S. The van der Waals surface area contributed by atoms with Crippen molar-refractivity contribution in [2.45, 2.75) is 44.2 Å². The molecule has 0 bridgehead atoms. The van der Waals surface area contributed by atoms with E-state index in [1.165, 1.54) is 24.3 Å². The van der Waals surface area contributed by atoms with Gasteiger partial charge in [-0.05, 0) is 72.7 Å². The second-order valence-corrected chi connectivity index (χ2v) is 10.2. The number of hydrogen-bond acceptors (Lipinski definition) is 5. The third-order valence-corrected chi connectivity index (χ3v) is 7.55. The highest BCUT2D eigenvalue weighted by Crippen LogP contribution is 2.44. The lowest BCUT2D eigenvalue weighted by atomic mass is 9.85. The van der Waals surface area contributed by atoms with Crippen molar-refractivity contribution in [2.24, 2.45) is 11.8 Å². The van der Waals surface area contributed by atoms with E-state index in [0.717, 1.165) is 35.4 Å². The maximum Gasteiger partial charge on any atom is 0.258 e. The topological polar surface area (TPSA) is 98.0 Å². The van der Waals surface area contributed by atoms with Crippen LogP contribution in [0.5, 0.6) is 0 Å². The number of rotatable bonds is 6. The summed E-state index contributed by atoms with van der Waals surface area (Å²) in [4.78, 5) is 8.87. The lowest BCUT2D eigenvalue weighted by Gasteiger charge is -2.23. The fourth-order valence-corrected chi connectivity index (χ4v) is 5.51. The fraction of sp³-hybridized carbons (Fsp3) is 0.333. The number of nitrogens with two attached hydrogens (primary N) is 1. The summed E-state index contributed by atoms with van der Waals surface area (Å²) in [6.07, 6.45) is 2.21. The first kappa shape index (κ1) is 22.4. The Morgan fingerprint density at radius 2 is 1.69 bits per heavy atom. The Labute approximate surface area is 188 Å². The predicted molar refractivity (Wildman–Crippen MR) is 123 cm³/mol. The maximum absolute atomic E-state index is 13.4. The zero-order chi connectivity index (χ0) is 22.9. The molecule has 1 aliphatic carbocycles. The molecule has 4 rings (SSSR count). The predicted octanol–water partition coefficient (Wildman–Crippen LogP) is 4.49. The highest BCUT2D eigenvalue weighted by Gasteiger charge is 2.34. The van der Waals surface area contributed by atoms with Crippen LogP contribution in [0.3, 0.4) is 0 Å². The molecule has 0 radical (unpaired) electrons. The van der Waals surface area contributed by atoms with Crippen molar-refractivity contribution in [3.63, 3.8) is 0 Å². The van der Waals surface area contributed by atoms with Crippen molar-refractivity contribution in [1.82, 2.24) is 14.7 Å². The fourth-order valence-electron chi connectivity index (χ4n) is 4.54. The number of benzene rings is 1. The molecule has 0 aliphatic heterocycles. The molecule has 0 spiro atoms. The third-order valence-electron chi connectivity index (χ3n) is 6.24. The molecule has 1 fully saturated rings. The normalized spacial score (nSPS) is 21.0. The Kier molecular flexibility index (Phi) is 6.26. The minimum Gasteiger partial charge on any atom is -0.384 e. The first-order valence-electron chi connectivity index (χ1n) is 10.7. The van der Waals surface area contributed by atoms with Gasteiger partial charge in [-0.1, -0.05) is 26.0 Å². The van der Waals surface area contributed by atoms with Gasteiger partial charge in [0.25, 0.3) is 10.0 Å². The molecule has 1 aliphatic rings. The summed E-state index contributed by atoms with van der Waals surface area (Å²) in [5.74, 6) is 0.944. The van der Waals surface area contributed by atoms with Crippen LogP contribution in [0.15, 0.2) is 59.6 Å². The van der Waals surface area contributed by atoms with Crippen molar-refractivity contribution in [2.75, 3.05) is 5.73 Å². The van der Waals surface area contributed by atoms with E-state index in [2.05, 4.69) is 23.6 Å². The van der Waals surface area contributed by atoms with E-state index in [9.17, 15) is 12.8 Å². The Balaban J connectivity index is 1.68. The Bertz CT molecular complexity index is 1200. The highest BCUT2D eigenvalue weighted by atomic mass is 32.2. The minimum absolute atomic E-state index is 0.0980. The molecule has 1 saturated carbocycles. The zero-order valence-corrected chi connectivity index (χ0v) is 18.9. The van der Waals surface area contributed by atoms with Gasteiger partial charge in [-0.15, -0.1) is 0 Å². The lowest BCUT2D eigenvalue weighted by molar-refractivity contribution is 0.446. The summed E-state index contributed by atoms with van der Waals surface area (Å²) in [7, 11) is -3.83. The van der Waals surface area contributed by atoms with Gasteiger partial charge in [0.05, 0.1) is 5.69 Å². The first-order chi connectivity index (χ1) is 15.2. The second kappa shape index (κ2) is 8.96. The summed E-state index contributed by atoms with van der Waals surface area (Å²) >= 11 is 0. The number of aromatic nitrogens is 2. The molecule has 3 N–H and O–H groups in total. The molecule has 1 aromatic carbocycles. The molecule has 6 nitrogen and oxygen atoms in total. The number of nitrogen functional groups attached to an aromatic ring is 1. The van der Waals surface area contributed by atoms with Crippen LogP contribution in [-0.2, 0) is 16.6 Å². The van der Waals surface area contributed by atoms with Gasteiger partial charge in [0.2, 0.25) is 0 Å². The van der Waals surface area contributed by atoms with Gasteiger partial charge in [0.1, 0.15) is 11.6 Å². The van der Waals surface area contributed by atoms with Gasteiger partial charge in [0.15, 0.2) is 5.03 Å². The summed E-state index contributed by atoms with van der Waals surface area (Å²) in [5.41, 5.74) is 8.94. The standard InChI is InChI=1S/C24H27FN4O2S/c1-15-6-7-16(2)23(15)24-18(10-13-20(28-24)17-8-11-19(25)12-9-17)14-27-32(30,31)22-5-3-4-21(26)29-22/h3-5,8-13,15-16,23,27H,6-7,14H2,1-2H3,(H2,26,29)/t15-,16+,23?. The molecule has 1 unspecified atom stereocenters. The van der Waals surface area contributed by atoms with Crippen molar-refractivity contribution in [1.29, 1.82) is 0 Å². The summed E-state index contributed by atoms with van der Waals surface area (Å²) in [6, 6.07) is 14.5. The maximum atomic E-state index is 13.4. The molecule has 3 atom stereocenters. The highest BCUT2D eigenvalue weighted by molar-refractivity contribution is 7.89. The average molecular weight is 455 g/mol.